The van der Waals surface area contributed by atoms with Crippen LogP contribution in [-0.4, -0.2) is 31.0 Å². The van der Waals surface area contributed by atoms with Crippen LogP contribution in [0.1, 0.15) is 20.7 Å². The number of hydrogen-bond donors (Lipinski definition) is 1. The number of non-ortho nitro benzene ring substituents is 1. The Morgan fingerprint density at radius 2 is 1.62 bits per heavy atom. The van der Waals surface area contributed by atoms with E-state index in [9.17, 15) is 19.7 Å². The van der Waals surface area contributed by atoms with E-state index in [1.165, 1.54) is 50.6 Å². The molecule has 1 heterocycles. The van der Waals surface area contributed by atoms with Gasteiger partial charge in [0.25, 0.3) is 17.5 Å². The van der Waals surface area contributed by atoms with E-state index in [-0.39, 0.29) is 50.5 Å². The number of carbonyl (C=O) groups excluding carboxylic acids is 2. The molecule has 0 bridgehead atoms. The van der Waals surface area contributed by atoms with Gasteiger partial charge in [-0.3, -0.25) is 19.7 Å². The van der Waals surface area contributed by atoms with Gasteiger partial charge in [0.05, 0.1) is 35.9 Å². The van der Waals surface area contributed by atoms with Crippen molar-refractivity contribution in [3.8, 4) is 11.5 Å². The van der Waals surface area contributed by atoms with E-state index in [0.29, 0.717) is 0 Å². The standard InChI is InChI=1S/C20H15N3O6/c1-28-16-9-15(17(29-2)8-13(16)21)22-19(24)11-5-3-4-10-14(23(26)27)7-6-12(18(10)11)20(22)25/h3-9H,21H2,1-2H3. The zero-order chi connectivity index (χ0) is 20.9. The highest BCUT2D eigenvalue weighted by Crippen LogP contribution is 2.42. The number of nitrogen functional groups attached to an aromatic ring is 1. The number of rotatable bonds is 4. The lowest BCUT2D eigenvalue weighted by Crippen LogP contribution is -2.40. The Morgan fingerprint density at radius 1 is 0.966 bits per heavy atom. The second-order valence-corrected chi connectivity index (χ2v) is 6.33. The molecule has 0 aliphatic carbocycles. The van der Waals surface area contributed by atoms with Crippen molar-refractivity contribution in [2.24, 2.45) is 0 Å². The first-order chi connectivity index (χ1) is 13.9. The molecule has 146 valence electrons. The summed E-state index contributed by atoms with van der Waals surface area (Å²) in [7, 11) is 2.80. The number of amides is 2. The molecule has 9 nitrogen and oxygen atoms in total. The van der Waals surface area contributed by atoms with Crippen molar-refractivity contribution < 1.29 is 24.0 Å². The lowest BCUT2D eigenvalue weighted by Gasteiger charge is -2.28. The van der Waals surface area contributed by atoms with Crippen LogP contribution in [0, 0.1) is 10.1 Å². The minimum Gasteiger partial charge on any atom is -0.495 e. The molecule has 1 aliphatic heterocycles. The summed E-state index contributed by atoms with van der Waals surface area (Å²) < 4.78 is 10.5. The molecule has 4 rings (SSSR count). The Bertz CT molecular complexity index is 1200. The largest absolute Gasteiger partial charge is 0.495 e. The van der Waals surface area contributed by atoms with Crippen LogP contribution in [0.2, 0.25) is 0 Å². The summed E-state index contributed by atoms with van der Waals surface area (Å²) in [5.41, 5.74) is 6.53. The molecule has 0 spiro atoms. The van der Waals surface area contributed by atoms with Crippen LogP contribution < -0.4 is 20.1 Å². The molecule has 2 amide bonds. The number of nitro groups is 1. The molecule has 1 aliphatic rings. The van der Waals surface area contributed by atoms with Crippen LogP contribution in [0.4, 0.5) is 17.1 Å². The quantitative estimate of drug-likeness (QED) is 0.312. The van der Waals surface area contributed by atoms with Crippen LogP contribution in [0.25, 0.3) is 10.8 Å². The molecule has 2 N–H and O–H groups in total. The van der Waals surface area contributed by atoms with Crippen molar-refractivity contribution in [3.05, 3.63) is 63.7 Å². The van der Waals surface area contributed by atoms with Gasteiger partial charge in [-0.1, -0.05) is 6.07 Å². The molecule has 0 atom stereocenters. The summed E-state index contributed by atoms with van der Waals surface area (Å²) >= 11 is 0. The van der Waals surface area contributed by atoms with Gasteiger partial charge in [0.2, 0.25) is 0 Å². The van der Waals surface area contributed by atoms with Crippen molar-refractivity contribution in [2.75, 3.05) is 24.9 Å². The average Bonchev–Trinajstić information content (AvgIpc) is 2.72. The first-order valence-corrected chi connectivity index (χ1v) is 8.49. The second-order valence-electron chi connectivity index (χ2n) is 6.33. The Labute approximate surface area is 164 Å². The number of benzene rings is 3. The summed E-state index contributed by atoms with van der Waals surface area (Å²) in [5, 5.41) is 11.9. The number of carbonyl (C=O) groups is 2. The summed E-state index contributed by atoms with van der Waals surface area (Å²) in [6.07, 6.45) is 0. The summed E-state index contributed by atoms with van der Waals surface area (Å²) in [6.45, 7) is 0. The molecule has 0 aromatic heterocycles. The van der Waals surface area contributed by atoms with Gasteiger partial charge >= 0.3 is 0 Å². The number of hydrogen-bond acceptors (Lipinski definition) is 7. The molecule has 29 heavy (non-hydrogen) atoms. The van der Waals surface area contributed by atoms with Gasteiger partial charge in [0, 0.05) is 34.7 Å². The number of ether oxygens (including phenoxy) is 2. The van der Waals surface area contributed by atoms with Crippen LogP contribution in [0.15, 0.2) is 42.5 Å². The van der Waals surface area contributed by atoms with Crippen molar-refractivity contribution in [1.82, 2.24) is 0 Å². The predicted molar refractivity (Wildman–Crippen MR) is 106 cm³/mol. The predicted octanol–water partition coefficient (Wildman–Crippen LogP) is 3.15. The number of anilines is 2. The molecule has 3 aromatic rings. The molecule has 0 unspecified atom stereocenters. The third-order valence-corrected chi connectivity index (χ3v) is 4.85. The molecule has 0 fully saturated rings. The van der Waals surface area contributed by atoms with Crippen molar-refractivity contribution in [1.29, 1.82) is 0 Å². The molecule has 0 radical (unpaired) electrons. The Hall–Kier alpha value is -4.14. The molecule has 0 saturated carbocycles. The van der Waals surface area contributed by atoms with Crippen molar-refractivity contribution in [3.63, 3.8) is 0 Å². The van der Waals surface area contributed by atoms with Gasteiger partial charge in [-0.15, -0.1) is 0 Å². The SMILES string of the molecule is COc1cc(N2C(=O)c3cccc4c([N+](=O)[O-])ccc(c34)C2=O)c(OC)cc1N. The topological polar surface area (TPSA) is 125 Å². The minimum atomic E-state index is -0.626. The Kier molecular flexibility index (Phi) is 4.08. The number of nitrogens with zero attached hydrogens (tertiary/aromatic N) is 2. The first kappa shape index (κ1) is 18.2. The van der Waals surface area contributed by atoms with Gasteiger partial charge in [-0.2, -0.15) is 0 Å². The third-order valence-electron chi connectivity index (χ3n) is 4.85. The third kappa shape index (κ3) is 2.55. The van der Waals surface area contributed by atoms with Gasteiger partial charge in [0.1, 0.15) is 11.5 Å². The van der Waals surface area contributed by atoms with E-state index in [1.54, 1.807) is 6.07 Å². The molecule has 0 saturated heterocycles. The zero-order valence-corrected chi connectivity index (χ0v) is 15.5. The minimum absolute atomic E-state index is 0.162. The fourth-order valence-electron chi connectivity index (χ4n) is 3.54. The lowest BCUT2D eigenvalue weighted by molar-refractivity contribution is -0.383. The highest BCUT2D eigenvalue weighted by atomic mass is 16.6. The Morgan fingerprint density at radius 3 is 2.24 bits per heavy atom. The molecular formula is C20H15N3O6. The van der Waals surface area contributed by atoms with Gasteiger partial charge in [-0.25, -0.2) is 4.90 Å². The van der Waals surface area contributed by atoms with E-state index in [4.69, 9.17) is 15.2 Å². The van der Waals surface area contributed by atoms with Crippen LogP contribution >= 0.6 is 0 Å². The van der Waals surface area contributed by atoms with Crippen LogP contribution in [0.3, 0.4) is 0 Å². The van der Waals surface area contributed by atoms with Gasteiger partial charge in [0.15, 0.2) is 0 Å². The average molecular weight is 393 g/mol. The highest BCUT2D eigenvalue weighted by molar-refractivity contribution is 6.36. The van der Waals surface area contributed by atoms with E-state index >= 15 is 0 Å². The smallest absolute Gasteiger partial charge is 0.277 e. The maximum Gasteiger partial charge on any atom is 0.277 e. The molecular weight excluding hydrogens is 378 g/mol. The molecule has 9 heteroatoms. The van der Waals surface area contributed by atoms with E-state index in [1.807, 2.05) is 0 Å². The zero-order valence-electron chi connectivity index (χ0n) is 15.5. The van der Waals surface area contributed by atoms with Crippen LogP contribution in [0.5, 0.6) is 11.5 Å². The van der Waals surface area contributed by atoms with Gasteiger partial charge in [-0.05, 0) is 18.2 Å². The van der Waals surface area contributed by atoms with E-state index in [0.717, 1.165) is 4.90 Å². The fourth-order valence-corrected chi connectivity index (χ4v) is 3.54. The van der Waals surface area contributed by atoms with Crippen molar-refractivity contribution >= 4 is 39.6 Å². The van der Waals surface area contributed by atoms with Crippen LogP contribution in [-0.2, 0) is 0 Å². The van der Waals surface area contributed by atoms with E-state index in [2.05, 4.69) is 0 Å². The lowest BCUT2D eigenvalue weighted by atomic mass is 9.92. The normalized spacial score (nSPS) is 13.0. The number of methoxy groups -OCH3 is 2. The highest BCUT2D eigenvalue weighted by Gasteiger charge is 2.37. The number of imide groups is 1. The maximum atomic E-state index is 13.3. The van der Waals surface area contributed by atoms with Gasteiger partial charge < -0.3 is 15.2 Å². The second kappa shape index (κ2) is 6.48. The fraction of sp³-hybridized carbons (Fsp3) is 0.100. The summed E-state index contributed by atoms with van der Waals surface area (Å²) in [4.78, 5) is 38.3. The maximum absolute atomic E-state index is 13.3. The summed E-state index contributed by atoms with van der Waals surface area (Å²) in [5.74, 6) is -0.769. The monoisotopic (exact) mass is 393 g/mol. The number of nitro benzene ring substituents is 1. The van der Waals surface area contributed by atoms with E-state index < -0.39 is 16.7 Å². The first-order valence-electron chi connectivity index (χ1n) is 8.49. The number of nitrogens with two attached hydrogens (primary N) is 1. The van der Waals surface area contributed by atoms with Crippen molar-refractivity contribution in [2.45, 2.75) is 0 Å². The molecule has 3 aromatic carbocycles. The summed E-state index contributed by atoms with van der Waals surface area (Å²) in [6, 6.07) is 10.1. The Balaban J connectivity index is 1.99.